The Hall–Kier alpha value is -4.26. The maximum atomic E-state index is 5.19. The Morgan fingerprint density at radius 2 is 1.16 bits per heavy atom. The first kappa shape index (κ1) is 16.4. The van der Waals surface area contributed by atoms with Gasteiger partial charge in [-0.05, 0) is 6.92 Å². The van der Waals surface area contributed by atoms with Crippen molar-refractivity contribution in [2.24, 2.45) is 19.9 Å². The van der Waals surface area contributed by atoms with E-state index in [9.17, 15) is 0 Å². The van der Waals surface area contributed by atoms with Crippen molar-refractivity contribution in [2.45, 2.75) is 6.92 Å². The SMILES string of the molecule is CC1=Nc2c3ccccc3c3n2B2N=C(N=c4c5ccccc5c(n42)=N3)c2ccccc21. The van der Waals surface area contributed by atoms with Gasteiger partial charge in [-0.1, -0.05) is 72.8 Å². The standard InChI is InChI=1S/C25H15BN6/c1-14-15-8-2-3-9-16(15)21-28-23-18-11-5-7-13-20(18)25-29-24-19-12-6-4-10-17(19)22(27-14)31(24)26(30-21)32(23)25/h2-13H,1H3. The molecule has 3 aliphatic heterocycles. The van der Waals surface area contributed by atoms with Gasteiger partial charge in [0, 0.05) is 38.4 Å². The molecule has 0 aliphatic carbocycles. The number of aromatic nitrogens is 2. The first-order valence-electron chi connectivity index (χ1n) is 10.7. The predicted molar refractivity (Wildman–Crippen MR) is 127 cm³/mol. The summed E-state index contributed by atoms with van der Waals surface area (Å²) in [6.07, 6.45) is 0. The highest BCUT2D eigenvalue weighted by atomic mass is 15.3. The second-order valence-electron chi connectivity index (χ2n) is 8.39. The van der Waals surface area contributed by atoms with Crippen LogP contribution in [0.3, 0.4) is 0 Å². The van der Waals surface area contributed by atoms with Crippen molar-refractivity contribution < 1.29 is 0 Å². The Labute approximate surface area is 182 Å². The molecule has 0 fully saturated rings. The molecule has 7 heteroatoms. The van der Waals surface area contributed by atoms with Gasteiger partial charge in [0.05, 0.1) is 0 Å². The van der Waals surface area contributed by atoms with E-state index in [0.29, 0.717) is 0 Å². The van der Waals surface area contributed by atoms with Gasteiger partial charge >= 0.3 is 7.12 Å². The largest absolute Gasteiger partial charge is 0.539 e. The molecule has 148 valence electrons. The number of amidine groups is 1. The molecular weight excluding hydrogens is 395 g/mol. The summed E-state index contributed by atoms with van der Waals surface area (Å²) >= 11 is 0. The van der Waals surface area contributed by atoms with Crippen molar-refractivity contribution >= 4 is 51.8 Å². The van der Waals surface area contributed by atoms with Gasteiger partial charge in [-0.15, -0.1) is 0 Å². The molecule has 8 rings (SSSR count). The molecule has 0 spiro atoms. The summed E-state index contributed by atoms with van der Waals surface area (Å²) in [5.41, 5.74) is 4.80. The van der Waals surface area contributed by atoms with Crippen LogP contribution in [0.15, 0.2) is 92.7 Å². The lowest BCUT2D eigenvalue weighted by Gasteiger charge is -2.22. The lowest BCUT2D eigenvalue weighted by molar-refractivity contribution is 0.900. The van der Waals surface area contributed by atoms with Crippen molar-refractivity contribution in [2.75, 3.05) is 0 Å². The number of aliphatic imine (C=N–C) groups is 1. The summed E-state index contributed by atoms with van der Waals surface area (Å²) in [7, 11) is -0.322. The highest BCUT2D eigenvalue weighted by molar-refractivity contribution is 6.58. The fraction of sp³-hybridized carbons (Fsp3) is 0.0400. The molecule has 0 N–H and O–H groups in total. The van der Waals surface area contributed by atoms with E-state index >= 15 is 0 Å². The second kappa shape index (κ2) is 5.51. The number of benzene rings is 3. The molecule has 0 unspecified atom stereocenters. The van der Waals surface area contributed by atoms with Crippen LogP contribution in [0, 0.1) is 0 Å². The fourth-order valence-electron chi connectivity index (χ4n) is 5.27. The van der Waals surface area contributed by atoms with Gasteiger partial charge in [0.25, 0.3) is 0 Å². The monoisotopic (exact) mass is 410 g/mol. The van der Waals surface area contributed by atoms with Crippen LogP contribution < -0.4 is 11.0 Å². The molecule has 2 aromatic heterocycles. The molecule has 5 heterocycles. The number of rotatable bonds is 0. The molecule has 3 aromatic carbocycles. The second-order valence-corrected chi connectivity index (χ2v) is 8.39. The Balaban J connectivity index is 1.69. The minimum atomic E-state index is -0.322. The lowest BCUT2D eigenvalue weighted by Crippen LogP contribution is -2.49. The van der Waals surface area contributed by atoms with Crippen molar-refractivity contribution in [3.05, 3.63) is 94.9 Å². The van der Waals surface area contributed by atoms with E-state index in [2.05, 4.69) is 76.5 Å². The smallest absolute Gasteiger partial charge is 0.312 e. The first-order chi connectivity index (χ1) is 15.8. The molecule has 6 nitrogen and oxygen atoms in total. The minimum Gasteiger partial charge on any atom is -0.312 e. The summed E-state index contributed by atoms with van der Waals surface area (Å²) in [6.45, 7) is 2.06. The normalized spacial score (nSPS) is 15.2. The molecule has 0 radical (unpaired) electrons. The fourth-order valence-corrected chi connectivity index (χ4v) is 5.27. The molecule has 0 amide bonds. The quantitative estimate of drug-likeness (QED) is 0.349. The molecule has 3 aliphatic rings. The van der Waals surface area contributed by atoms with E-state index in [0.717, 1.165) is 66.8 Å². The summed E-state index contributed by atoms with van der Waals surface area (Å²) in [4.78, 5) is 20.6. The van der Waals surface area contributed by atoms with Crippen LogP contribution in [-0.4, -0.2) is 27.6 Å². The van der Waals surface area contributed by atoms with E-state index < -0.39 is 0 Å². The average Bonchev–Trinajstić information content (AvgIpc) is 3.34. The van der Waals surface area contributed by atoms with Crippen LogP contribution in [0.1, 0.15) is 18.1 Å². The maximum absolute atomic E-state index is 5.19. The van der Waals surface area contributed by atoms with Crippen molar-refractivity contribution in [1.29, 1.82) is 0 Å². The van der Waals surface area contributed by atoms with E-state index in [1.807, 2.05) is 12.1 Å². The summed E-state index contributed by atoms with van der Waals surface area (Å²) in [5, 5.41) is 4.36. The van der Waals surface area contributed by atoms with Gasteiger partial charge in [-0.2, -0.15) is 0 Å². The van der Waals surface area contributed by atoms with Crippen LogP contribution in [0.4, 0.5) is 11.6 Å². The molecule has 0 atom stereocenters. The summed E-state index contributed by atoms with van der Waals surface area (Å²) in [6, 6.07) is 25.0. The molecule has 0 saturated heterocycles. The predicted octanol–water partition coefficient (Wildman–Crippen LogP) is 3.78. The molecule has 0 saturated carbocycles. The van der Waals surface area contributed by atoms with Crippen LogP contribution in [-0.2, 0) is 0 Å². The molecule has 5 aromatic rings. The van der Waals surface area contributed by atoms with Gasteiger partial charge in [0.1, 0.15) is 28.4 Å². The third-order valence-electron chi connectivity index (χ3n) is 6.69. The Morgan fingerprint density at radius 1 is 0.594 bits per heavy atom. The topological polar surface area (TPSA) is 59.3 Å². The van der Waals surface area contributed by atoms with Crippen molar-refractivity contribution in [1.82, 2.24) is 8.96 Å². The molecule has 32 heavy (non-hydrogen) atoms. The summed E-state index contributed by atoms with van der Waals surface area (Å²) < 4.78 is 4.33. The zero-order valence-electron chi connectivity index (χ0n) is 17.2. The molecular formula is C25H15BN6. The minimum absolute atomic E-state index is 0.322. The van der Waals surface area contributed by atoms with Gasteiger partial charge < -0.3 is 8.96 Å². The zero-order chi connectivity index (χ0) is 21.0. The highest BCUT2D eigenvalue weighted by Gasteiger charge is 2.38. The van der Waals surface area contributed by atoms with Crippen molar-refractivity contribution in [3.63, 3.8) is 0 Å². The van der Waals surface area contributed by atoms with E-state index in [1.165, 1.54) is 0 Å². The average molecular weight is 410 g/mol. The Morgan fingerprint density at radius 3 is 1.88 bits per heavy atom. The van der Waals surface area contributed by atoms with Crippen LogP contribution in [0.5, 0.6) is 0 Å². The molecule has 2 bridgehead atoms. The van der Waals surface area contributed by atoms with Gasteiger partial charge in [-0.3, -0.25) is 4.90 Å². The number of nitrogens with zero attached hydrogens (tertiary/aromatic N) is 6. The van der Waals surface area contributed by atoms with E-state index in [4.69, 9.17) is 19.9 Å². The highest BCUT2D eigenvalue weighted by Crippen LogP contribution is 2.40. The first-order valence-corrected chi connectivity index (χ1v) is 10.7. The van der Waals surface area contributed by atoms with Gasteiger partial charge in [0.15, 0.2) is 0 Å². The van der Waals surface area contributed by atoms with Gasteiger partial charge in [0.2, 0.25) is 0 Å². The number of hydrogen-bond acceptors (Lipinski definition) is 4. The zero-order valence-corrected chi connectivity index (χ0v) is 17.2. The van der Waals surface area contributed by atoms with Crippen molar-refractivity contribution in [3.8, 4) is 0 Å². The maximum Gasteiger partial charge on any atom is 0.539 e. The van der Waals surface area contributed by atoms with Gasteiger partial charge in [-0.25, -0.2) is 15.0 Å². The lowest BCUT2D eigenvalue weighted by atomic mass is 9.91. The van der Waals surface area contributed by atoms with E-state index in [-0.39, 0.29) is 7.12 Å². The number of hydrogen-bond donors (Lipinski definition) is 0. The third-order valence-corrected chi connectivity index (χ3v) is 6.69. The van der Waals surface area contributed by atoms with Crippen LogP contribution in [0.2, 0.25) is 0 Å². The number of fused-ring (bicyclic) bond motifs is 8. The Kier molecular flexibility index (Phi) is 2.83. The van der Waals surface area contributed by atoms with Crippen LogP contribution in [0.25, 0.3) is 21.5 Å². The van der Waals surface area contributed by atoms with E-state index in [1.54, 1.807) is 0 Å². The summed E-state index contributed by atoms with van der Waals surface area (Å²) in [5.74, 6) is 2.52. The third kappa shape index (κ3) is 1.83. The Bertz CT molecular complexity index is 1850. The van der Waals surface area contributed by atoms with Crippen LogP contribution >= 0.6 is 0 Å².